The fraction of sp³-hybridized carbons (Fsp3) is 0.364. The van der Waals surface area contributed by atoms with Crippen LogP contribution in [0.25, 0.3) is 22.2 Å². The van der Waals surface area contributed by atoms with Gasteiger partial charge < -0.3 is 15.6 Å². The molecule has 0 saturated heterocycles. The first kappa shape index (κ1) is 20.1. The number of rotatable bonds is 8. The number of nitrogens with one attached hydrogen (secondary N) is 1. The summed E-state index contributed by atoms with van der Waals surface area (Å²) in [7, 11) is 0. The van der Waals surface area contributed by atoms with E-state index in [-0.39, 0.29) is 0 Å². The average Bonchev–Trinajstić information content (AvgIpc) is 3.07. The van der Waals surface area contributed by atoms with Crippen molar-refractivity contribution in [3.05, 3.63) is 52.0 Å². The molecule has 0 fully saturated rings. The zero-order chi connectivity index (χ0) is 19.4. The summed E-state index contributed by atoms with van der Waals surface area (Å²) in [4.78, 5) is 5.87. The van der Waals surface area contributed by atoms with Crippen molar-refractivity contribution in [2.75, 3.05) is 24.5 Å². The molecule has 0 saturated carbocycles. The smallest absolute Gasteiger partial charge is 0.0666 e. The summed E-state index contributed by atoms with van der Waals surface area (Å²) in [6, 6.07) is 12.4. The minimum absolute atomic E-state index is 0.695. The van der Waals surface area contributed by atoms with Gasteiger partial charge >= 0.3 is 0 Å². The third-order valence-corrected chi connectivity index (χ3v) is 5.75. The van der Waals surface area contributed by atoms with E-state index in [1.165, 1.54) is 11.3 Å². The summed E-state index contributed by atoms with van der Waals surface area (Å²) in [6.45, 7) is 7.05. The van der Waals surface area contributed by atoms with E-state index < -0.39 is 0 Å². The van der Waals surface area contributed by atoms with Crippen molar-refractivity contribution in [3.8, 4) is 11.3 Å². The summed E-state index contributed by atoms with van der Waals surface area (Å²) in [6.07, 6.45) is 2.94. The number of hydrogen-bond acceptors (Lipinski definition) is 2. The van der Waals surface area contributed by atoms with Gasteiger partial charge in [-0.15, -0.1) is 0 Å². The van der Waals surface area contributed by atoms with E-state index in [0.717, 1.165) is 59.5 Å². The number of halogens is 2. The molecule has 0 atom stereocenters. The minimum Gasteiger partial charge on any atom is -0.372 e. The largest absolute Gasteiger partial charge is 0.372 e. The second-order valence-corrected chi connectivity index (χ2v) is 7.54. The number of nitrogens with zero attached hydrogens (tertiary/aromatic N) is 1. The van der Waals surface area contributed by atoms with Crippen LogP contribution in [0.15, 0.2) is 36.4 Å². The number of hydrogen-bond donors (Lipinski definition) is 2. The number of benzene rings is 2. The number of anilines is 1. The first-order valence-corrected chi connectivity index (χ1v) is 10.4. The summed E-state index contributed by atoms with van der Waals surface area (Å²) in [5.41, 5.74) is 11.3. The van der Waals surface area contributed by atoms with Crippen LogP contribution in [-0.2, 0) is 6.42 Å². The molecular weight excluding hydrogens is 377 g/mol. The Morgan fingerprint density at radius 3 is 2.22 bits per heavy atom. The number of aromatic nitrogens is 1. The Labute approximate surface area is 171 Å². The first-order valence-electron chi connectivity index (χ1n) is 9.64. The van der Waals surface area contributed by atoms with Crippen molar-refractivity contribution in [2.24, 2.45) is 5.73 Å². The maximum Gasteiger partial charge on any atom is 0.0666 e. The van der Waals surface area contributed by atoms with Gasteiger partial charge in [0, 0.05) is 29.9 Å². The fourth-order valence-corrected chi connectivity index (χ4v) is 4.14. The van der Waals surface area contributed by atoms with Crippen molar-refractivity contribution < 1.29 is 0 Å². The molecule has 0 aliphatic heterocycles. The lowest BCUT2D eigenvalue weighted by Crippen LogP contribution is -2.21. The third kappa shape index (κ3) is 4.11. The Morgan fingerprint density at radius 1 is 0.926 bits per heavy atom. The van der Waals surface area contributed by atoms with Crippen LogP contribution in [0.2, 0.25) is 10.0 Å². The normalized spacial score (nSPS) is 11.3. The predicted molar refractivity (Wildman–Crippen MR) is 119 cm³/mol. The molecule has 144 valence electrons. The van der Waals surface area contributed by atoms with Gasteiger partial charge in [-0.2, -0.15) is 0 Å². The molecule has 1 heterocycles. The predicted octanol–water partition coefficient (Wildman–Crippen LogP) is 6.27. The second kappa shape index (κ2) is 9.01. The number of H-pyrrole nitrogens is 1. The summed E-state index contributed by atoms with van der Waals surface area (Å²) < 4.78 is 0. The Morgan fingerprint density at radius 2 is 1.59 bits per heavy atom. The van der Waals surface area contributed by atoms with Crippen molar-refractivity contribution in [3.63, 3.8) is 0 Å². The van der Waals surface area contributed by atoms with Gasteiger partial charge in [-0.05, 0) is 75.0 Å². The summed E-state index contributed by atoms with van der Waals surface area (Å²) in [5.74, 6) is 0. The molecule has 3 rings (SSSR count). The van der Waals surface area contributed by atoms with Crippen LogP contribution in [-0.4, -0.2) is 24.6 Å². The quantitative estimate of drug-likeness (QED) is 0.435. The van der Waals surface area contributed by atoms with E-state index in [4.69, 9.17) is 28.9 Å². The van der Waals surface area contributed by atoms with Crippen molar-refractivity contribution in [1.82, 2.24) is 4.98 Å². The maximum absolute atomic E-state index is 6.54. The molecule has 3 nitrogen and oxygen atoms in total. The van der Waals surface area contributed by atoms with Crippen LogP contribution in [0.5, 0.6) is 0 Å². The van der Waals surface area contributed by atoms with Crippen molar-refractivity contribution in [1.29, 1.82) is 0 Å². The number of fused-ring (bicyclic) bond motifs is 1. The van der Waals surface area contributed by atoms with E-state index in [0.29, 0.717) is 11.6 Å². The fourth-order valence-electron chi connectivity index (χ4n) is 3.66. The molecule has 0 spiro atoms. The van der Waals surface area contributed by atoms with Gasteiger partial charge in [0.05, 0.1) is 15.6 Å². The second-order valence-electron chi connectivity index (χ2n) is 6.72. The number of aryl methyl sites for hydroxylation is 1. The minimum atomic E-state index is 0.695. The molecule has 27 heavy (non-hydrogen) atoms. The summed E-state index contributed by atoms with van der Waals surface area (Å²) >= 11 is 13.0. The standard InChI is InChI=1S/C22H27Cl2N3/c1-3-27(4-2)16-10-8-15(9-11-16)21-17(7-5-6-14-25)20-18(23)12-13-19(24)22(20)26-21/h8-13,26H,3-7,14,25H2,1-2H3. The van der Waals surface area contributed by atoms with Crippen LogP contribution < -0.4 is 10.6 Å². The molecule has 0 unspecified atom stereocenters. The first-order chi connectivity index (χ1) is 13.1. The average molecular weight is 404 g/mol. The van der Waals surface area contributed by atoms with Gasteiger partial charge in [0.25, 0.3) is 0 Å². The van der Waals surface area contributed by atoms with Gasteiger partial charge in [0.15, 0.2) is 0 Å². The molecular formula is C22H27Cl2N3. The van der Waals surface area contributed by atoms with Crippen molar-refractivity contribution >= 4 is 39.8 Å². The monoisotopic (exact) mass is 403 g/mol. The summed E-state index contributed by atoms with van der Waals surface area (Å²) in [5, 5.41) is 2.46. The topological polar surface area (TPSA) is 45.0 Å². The highest BCUT2D eigenvalue weighted by Crippen LogP contribution is 2.39. The highest BCUT2D eigenvalue weighted by Gasteiger charge is 2.17. The van der Waals surface area contributed by atoms with Gasteiger partial charge in [-0.1, -0.05) is 35.3 Å². The van der Waals surface area contributed by atoms with Crippen LogP contribution in [0, 0.1) is 0 Å². The van der Waals surface area contributed by atoms with Crippen LogP contribution in [0.1, 0.15) is 32.3 Å². The molecule has 5 heteroatoms. The van der Waals surface area contributed by atoms with E-state index in [1.807, 2.05) is 12.1 Å². The van der Waals surface area contributed by atoms with Crippen LogP contribution in [0.4, 0.5) is 5.69 Å². The Balaban J connectivity index is 2.08. The SMILES string of the molecule is CCN(CC)c1ccc(-c2[nH]c3c(Cl)ccc(Cl)c3c2CCCCN)cc1. The molecule has 3 aromatic rings. The van der Waals surface area contributed by atoms with Gasteiger partial charge in [0.1, 0.15) is 0 Å². The van der Waals surface area contributed by atoms with E-state index in [9.17, 15) is 0 Å². The molecule has 0 aliphatic carbocycles. The lowest BCUT2D eigenvalue weighted by Gasteiger charge is -2.21. The zero-order valence-electron chi connectivity index (χ0n) is 16.0. The van der Waals surface area contributed by atoms with Gasteiger partial charge in [-0.3, -0.25) is 0 Å². The number of nitrogens with two attached hydrogens (primary N) is 1. The number of aromatic amines is 1. The molecule has 0 radical (unpaired) electrons. The van der Waals surface area contributed by atoms with E-state index in [2.05, 4.69) is 48.0 Å². The Hall–Kier alpha value is -1.68. The number of unbranched alkanes of at least 4 members (excludes halogenated alkanes) is 1. The highest BCUT2D eigenvalue weighted by molar-refractivity contribution is 6.40. The Bertz CT molecular complexity index is 896. The lowest BCUT2D eigenvalue weighted by atomic mass is 10.00. The molecule has 0 amide bonds. The Kier molecular flexibility index (Phi) is 6.69. The molecule has 0 aliphatic rings. The molecule has 3 N–H and O–H groups in total. The molecule has 2 aromatic carbocycles. The zero-order valence-corrected chi connectivity index (χ0v) is 17.5. The van der Waals surface area contributed by atoms with Crippen LogP contribution >= 0.6 is 23.2 Å². The third-order valence-electron chi connectivity index (χ3n) is 5.12. The lowest BCUT2D eigenvalue weighted by molar-refractivity contribution is 0.748. The van der Waals surface area contributed by atoms with E-state index >= 15 is 0 Å². The highest BCUT2D eigenvalue weighted by atomic mass is 35.5. The van der Waals surface area contributed by atoms with Gasteiger partial charge in [0.2, 0.25) is 0 Å². The van der Waals surface area contributed by atoms with Gasteiger partial charge in [-0.25, -0.2) is 0 Å². The van der Waals surface area contributed by atoms with E-state index in [1.54, 1.807) is 0 Å². The molecule has 1 aromatic heterocycles. The maximum atomic E-state index is 6.54. The van der Waals surface area contributed by atoms with Crippen LogP contribution in [0.3, 0.4) is 0 Å². The molecule has 0 bridgehead atoms. The van der Waals surface area contributed by atoms with Crippen molar-refractivity contribution in [2.45, 2.75) is 33.1 Å².